The van der Waals surface area contributed by atoms with E-state index in [9.17, 15) is 4.79 Å². The maximum atomic E-state index is 10.6. The minimum atomic E-state index is -0.210. The fourth-order valence-electron chi connectivity index (χ4n) is 1.15. The van der Waals surface area contributed by atoms with E-state index in [0.29, 0.717) is 6.04 Å². The van der Waals surface area contributed by atoms with Crippen LogP contribution in [0.1, 0.15) is 34.1 Å². The first-order chi connectivity index (χ1) is 5.43. The van der Waals surface area contributed by atoms with Crippen LogP contribution in [0.15, 0.2) is 0 Å². The molecule has 0 saturated heterocycles. The molecule has 2 heteroatoms. The number of carbonyl (C=O) groups excluding carboxylic acids is 1. The van der Waals surface area contributed by atoms with Crippen molar-refractivity contribution < 1.29 is 4.79 Å². The summed E-state index contributed by atoms with van der Waals surface area (Å²) in [6.45, 7) is 9.12. The van der Waals surface area contributed by atoms with Crippen molar-refractivity contribution in [2.24, 2.45) is 5.41 Å². The first-order valence-electron chi connectivity index (χ1n) is 4.59. The SMILES string of the molecule is CCC(C)N(C)CC(C)(C)C=O. The van der Waals surface area contributed by atoms with E-state index in [-0.39, 0.29) is 5.41 Å². The van der Waals surface area contributed by atoms with Gasteiger partial charge in [0.05, 0.1) is 0 Å². The first kappa shape index (κ1) is 11.6. The highest BCUT2D eigenvalue weighted by Crippen LogP contribution is 2.14. The Balaban J connectivity index is 3.98. The third kappa shape index (κ3) is 3.86. The van der Waals surface area contributed by atoms with E-state index >= 15 is 0 Å². The van der Waals surface area contributed by atoms with Crippen LogP contribution in [0.4, 0.5) is 0 Å². The van der Waals surface area contributed by atoms with Crippen LogP contribution >= 0.6 is 0 Å². The van der Waals surface area contributed by atoms with Gasteiger partial charge >= 0.3 is 0 Å². The highest BCUT2D eigenvalue weighted by molar-refractivity contribution is 5.58. The number of hydrogen-bond acceptors (Lipinski definition) is 2. The molecule has 0 N–H and O–H groups in total. The van der Waals surface area contributed by atoms with E-state index in [1.807, 2.05) is 13.8 Å². The quantitative estimate of drug-likeness (QED) is 0.589. The van der Waals surface area contributed by atoms with Gasteiger partial charge in [0.25, 0.3) is 0 Å². The first-order valence-corrected chi connectivity index (χ1v) is 4.59. The molecule has 0 heterocycles. The Bertz CT molecular complexity index is 143. The Labute approximate surface area is 75.9 Å². The Kier molecular flexibility index (Phi) is 4.46. The molecule has 0 bridgehead atoms. The number of rotatable bonds is 5. The zero-order valence-corrected chi connectivity index (χ0v) is 8.92. The van der Waals surface area contributed by atoms with Crippen molar-refractivity contribution >= 4 is 6.29 Å². The number of carbonyl (C=O) groups is 1. The molecule has 0 aromatic rings. The molecule has 0 aliphatic heterocycles. The molecule has 0 aliphatic carbocycles. The summed E-state index contributed by atoms with van der Waals surface area (Å²) in [7, 11) is 2.07. The van der Waals surface area contributed by atoms with Crippen molar-refractivity contribution in [3.63, 3.8) is 0 Å². The van der Waals surface area contributed by atoms with E-state index < -0.39 is 0 Å². The van der Waals surface area contributed by atoms with Crippen molar-refractivity contribution in [1.29, 1.82) is 0 Å². The van der Waals surface area contributed by atoms with Gasteiger partial charge in [0, 0.05) is 18.0 Å². The highest BCUT2D eigenvalue weighted by atomic mass is 16.1. The van der Waals surface area contributed by atoms with Gasteiger partial charge < -0.3 is 9.69 Å². The van der Waals surface area contributed by atoms with Crippen molar-refractivity contribution in [1.82, 2.24) is 4.90 Å². The van der Waals surface area contributed by atoms with E-state index in [0.717, 1.165) is 19.3 Å². The maximum absolute atomic E-state index is 10.6. The second-order valence-electron chi connectivity index (χ2n) is 4.28. The van der Waals surface area contributed by atoms with E-state index in [4.69, 9.17) is 0 Å². The average molecular weight is 171 g/mol. The lowest BCUT2D eigenvalue weighted by Crippen LogP contribution is -2.37. The topological polar surface area (TPSA) is 20.3 Å². The Morgan fingerprint density at radius 2 is 2.00 bits per heavy atom. The third-order valence-corrected chi connectivity index (χ3v) is 2.32. The molecular weight excluding hydrogens is 150 g/mol. The van der Waals surface area contributed by atoms with Crippen molar-refractivity contribution in [2.75, 3.05) is 13.6 Å². The standard InChI is InChI=1S/C10H21NO/c1-6-9(2)11(5)7-10(3,4)8-12/h8-9H,6-7H2,1-5H3. The molecule has 0 rings (SSSR count). The van der Waals surface area contributed by atoms with Crippen LogP contribution in [0.5, 0.6) is 0 Å². The lowest BCUT2D eigenvalue weighted by atomic mass is 9.94. The average Bonchev–Trinajstić information content (AvgIpc) is 2.02. The van der Waals surface area contributed by atoms with Crippen LogP contribution in [0, 0.1) is 5.41 Å². The largest absolute Gasteiger partial charge is 0.303 e. The van der Waals surface area contributed by atoms with Gasteiger partial charge in [0.2, 0.25) is 0 Å². The zero-order valence-electron chi connectivity index (χ0n) is 8.92. The summed E-state index contributed by atoms with van der Waals surface area (Å²) in [4.78, 5) is 12.9. The molecule has 0 aromatic carbocycles. The summed E-state index contributed by atoms with van der Waals surface area (Å²) in [6.07, 6.45) is 2.16. The summed E-state index contributed by atoms with van der Waals surface area (Å²) in [6, 6.07) is 0.559. The van der Waals surface area contributed by atoms with Crippen molar-refractivity contribution in [2.45, 2.75) is 40.2 Å². The molecule has 0 fully saturated rings. The zero-order chi connectivity index (χ0) is 9.78. The van der Waals surface area contributed by atoms with Crippen molar-refractivity contribution in [3.05, 3.63) is 0 Å². The Morgan fingerprint density at radius 1 is 1.50 bits per heavy atom. The molecule has 72 valence electrons. The molecule has 12 heavy (non-hydrogen) atoms. The van der Waals surface area contributed by atoms with Crippen LogP contribution in [0.3, 0.4) is 0 Å². The number of aldehydes is 1. The van der Waals surface area contributed by atoms with Crippen LogP contribution in [0.2, 0.25) is 0 Å². The smallest absolute Gasteiger partial charge is 0.126 e. The van der Waals surface area contributed by atoms with E-state index in [1.165, 1.54) is 0 Å². The summed E-state index contributed by atoms with van der Waals surface area (Å²) >= 11 is 0. The molecule has 0 radical (unpaired) electrons. The van der Waals surface area contributed by atoms with Gasteiger partial charge in [-0.3, -0.25) is 0 Å². The van der Waals surface area contributed by atoms with Gasteiger partial charge in [0.15, 0.2) is 0 Å². The lowest BCUT2D eigenvalue weighted by molar-refractivity contribution is -0.115. The fourth-order valence-corrected chi connectivity index (χ4v) is 1.15. The van der Waals surface area contributed by atoms with Gasteiger partial charge in [-0.05, 0) is 20.4 Å². The van der Waals surface area contributed by atoms with Gasteiger partial charge in [0.1, 0.15) is 6.29 Å². The summed E-state index contributed by atoms with van der Waals surface area (Å²) < 4.78 is 0. The Morgan fingerprint density at radius 3 is 2.33 bits per heavy atom. The van der Waals surface area contributed by atoms with Crippen LogP contribution in [0.25, 0.3) is 0 Å². The molecule has 1 atom stereocenters. The molecule has 0 amide bonds. The molecular formula is C10H21NO. The minimum Gasteiger partial charge on any atom is -0.303 e. The fraction of sp³-hybridized carbons (Fsp3) is 0.900. The van der Waals surface area contributed by atoms with E-state index in [2.05, 4.69) is 25.8 Å². The van der Waals surface area contributed by atoms with Crippen LogP contribution in [-0.2, 0) is 4.79 Å². The second-order valence-corrected chi connectivity index (χ2v) is 4.28. The number of nitrogens with zero attached hydrogens (tertiary/aromatic N) is 1. The third-order valence-electron chi connectivity index (χ3n) is 2.32. The van der Waals surface area contributed by atoms with E-state index in [1.54, 1.807) is 0 Å². The molecule has 1 unspecified atom stereocenters. The second kappa shape index (κ2) is 4.61. The summed E-state index contributed by atoms with van der Waals surface area (Å²) in [5, 5.41) is 0. The molecule has 0 spiro atoms. The maximum Gasteiger partial charge on any atom is 0.126 e. The lowest BCUT2D eigenvalue weighted by Gasteiger charge is -2.29. The van der Waals surface area contributed by atoms with Gasteiger partial charge in [-0.2, -0.15) is 0 Å². The molecule has 0 aliphatic rings. The Hall–Kier alpha value is -0.370. The molecule has 2 nitrogen and oxygen atoms in total. The molecule has 0 aromatic heterocycles. The predicted molar refractivity (Wildman–Crippen MR) is 52.2 cm³/mol. The van der Waals surface area contributed by atoms with Crippen molar-refractivity contribution in [3.8, 4) is 0 Å². The predicted octanol–water partition coefficient (Wildman–Crippen LogP) is 1.94. The monoisotopic (exact) mass is 171 g/mol. The van der Waals surface area contributed by atoms with Gasteiger partial charge in [-0.15, -0.1) is 0 Å². The normalized spacial score (nSPS) is 14.8. The van der Waals surface area contributed by atoms with Crippen LogP contribution in [-0.4, -0.2) is 30.8 Å². The number of hydrogen-bond donors (Lipinski definition) is 0. The summed E-state index contributed by atoms with van der Waals surface area (Å²) in [5.41, 5.74) is -0.210. The minimum absolute atomic E-state index is 0.210. The van der Waals surface area contributed by atoms with Gasteiger partial charge in [-0.25, -0.2) is 0 Å². The molecule has 0 saturated carbocycles. The highest BCUT2D eigenvalue weighted by Gasteiger charge is 2.20. The van der Waals surface area contributed by atoms with Crippen LogP contribution < -0.4 is 0 Å². The van der Waals surface area contributed by atoms with Gasteiger partial charge in [-0.1, -0.05) is 20.8 Å². The summed E-state index contributed by atoms with van der Waals surface area (Å²) in [5.74, 6) is 0.